The number of hydrogen-bond donors (Lipinski definition) is 1. The topological polar surface area (TPSA) is 75.8 Å². The SMILES string of the molecule is COCc1ccc(C2CCCN2C(=O)/C=C/c2cncc(O)c2)o1. The summed E-state index contributed by atoms with van der Waals surface area (Å²) in [6.07, 6.45) is 7.93. The Morgan fingerprint density at radius 2 is 2.38 bits per heavy atom. The molecule has 0 radical (unpaired) electrons. The molecular weight excluding hydrogens is 308 g/mol. The zero-order valence-corrected chi connectivity index (χ0v) is 13.5. The number of hydrogen-bond acceptors (Lipinski definition) is 5. The van der Waals surface area contributed by atoms with Gasteiger partial charge in [-0.05, 0) is 42.7 Å². The van der Waals surface area contributed by atoms with Crippen LogP contribution in [0.4, 0.5) is 0 Å². The highest BCUT2D eigenvalue weighted by atomic mass is 16.5. The van der Waals surface area contributed by atoms with E-state index in [0.717, 1.165) is 24.4 Å². The summed E-state index contributed by atoms with van der Waals surface area (Å²) in [4.78, 5) is 18.2. The van der Waals surface area contributed by atoms with Gasteiger partial charge in [0.15, 0.2) is 0 Å². The quantitative estimate of drug-likeness (QED) is 0.854. The molecule has 1 aliphatic heterocycles. The smallest absolute Gasteiger partial charge is 0.247 e. The van der Waals surface area contributed by atoms with Gasteiger partial charge in [0, 0.05) is 25.9 Å². The van der Waals surface area contributed by atoms with Gasteiger partial charge < -0.3 is 19.2 Å². The van der Waals surface area contributed by atoms with Crippen LogP contribution in [0.2, 0.25) is 0 Å². The number of aromatic nitrogens is 1. The van der Waals surface area contributed by atoms with Crippen molar-refractivity contribution in [1.82, 2.24) is 9.88 Å². The molecule has 3 heterocycles. The lowest BCUT2D eigenvalue weighted by atomic mass is 10.1. The summed E-state index contributed by atoms with van der Waals surface area (Å²) in [5, 5.41) is 9.41. The number of carbonyl (C=O) groups is 1. The first kappa shape index (κ1) is 16.3. The minimum absolute atomic E-state index is 0.0462. The number of ether oxygens (including phenoxy) is 1. The molecule has 1 amide bonds. The fraction of sp³-hybridized carbons (Fsp3) is 0.333. The Morgan fingerprint density at radius 3 is 3.17 bits per heavy atom. The van der Waals surface area contributed by atoms with Gasteiger partial charge in [-0.25, -0.2) is 0 Å². The lowest BCUT2D eigenvalue weighted by Crippen LogP contribution is -2.28. The summed E-state index contributed by atoms with van der Waals surface area (Å²) < 4.78 is 10.8. The van der Waals surface area contributed by atoms with Gasteiger partial charge in [-0.2, -0.15) is 0 Å². The van der Waals surface area contributed by atoms with E-state index in [0.29, 0.717) is 18.7 Å². The minimum Gasteiger partial charge on any atom is -0.506 e. The van der Waals surface area contributed by atoms with Crippen molar-refractivity contribution in [2.24, 2.45) is 0 Å². The molecular formula is C18H20N2O4. The van der Waals surface area contributed by atoms with E-state index < -0.39 is 0 Å². The first-order chi connectivity index (χ1) is 11.7. The highest BCUT2D eigenvalue weighted by Gasteiger charge is 2.31. The van der Waals surface area contributed by atoms with Gasteiger partial charge in [0.2, 0.25) is 5.91 Å². The lowest BCUT2D eigenvalue weighted by molar-refractivity contribution is -0.127. The number of furan rings is 1. The third kappa shape index (κ3) is 3.65. The third-order valence-corrected chi connectivity index (χ3v) is 4.00. The molecule has 6 heteroatoms. The fourth-order valence-electron chi connectivity index (χ4n) is 2.92. The summed E-state index contributed by atoms with van der Waals surface area (Å²) in [5.41, 5.74) is 0.680. The number of amides is 1. The second kappa shape index (κ2) is 7.31. The Bertz CT molecular complexity index is 738. The third-order valence-electron chi connectivity index (χ3n) is 4.00. The van der Waals surface area contributed by atoms with Crippen LogP contribution in [-0.4, -0.2) is 34.6 Å². The van der Waals surface area contributed by atoms with Crippen LogP contribution in [0.25, 0.3) is 6.08 Å². The van der Waals surface area contributed by atoms with Crippen LogP contribution in [0.1, 0.15) is 36.0 Å². The number of methoxy groups -OCH3 is 1. The largest absolute Gasteiger partial charge is 0.506 e. The second-order valence-corrected chi connectivity index (χ2v) is 5.74. The van der Waals surface area contributed by atoms with Crippen molar-refractivity contribution in [3.05, 3.63) is 53.8 Å². The molecule has 1 N–H and O–H groups in total. The second-order valence-electron chi connectivity index (χ2n) is 5.74. The van der Waals surface area contributed by atoms with Crippen LogP contribution in [-0.2, 0) is 16.1 Å². The summed E-state index contributed by atoms with van der Waals surface area (Å²) in [7, 11) is 1.62. The first-order valence-corrected chi connectivity index (χ1v) is 7.87. The van der Waals surface area contributed by atoms with Gasteiger partial charge >= 0.3 is 0 Å². The van der Waals surface area contributed by atoms with Crippen LogP contribution in [0.15, 0.2) is 41.1 Å². The lowest BCUT2D eigenvalue weighted by Gasteiger charge is -2.21. The maximum Gasteiger partial charge on any atom is 0.247 e. The molecule has 0 bridgehead atoms. The van der Waals surface area contributed by atoms with Gasteiger partial charge in [0.05, 0.1) is 12.2 Å². The molecule has 0 saturated carbocycles. The Labute approximate surface area is 140 Å². The number of pyridine rings is 1. The van der Waals surface area contributed by atoms with Crippen LogP contribution in [0.3, 0.4) is 0 Å². The summed E-state index contributed by atoms with van der Waals surface area (Å²) in [6.45, 7) is 1.12. The molecule has 24 heavy (non-hydrogen) atoms. The molecule has 2 aromatic heterocycles. The molecule has 0 aliphatic carbocycles. The van der Waals surface area contributed by atoms with Crippen LogP contribution < -0.4 is 0 Å². The summed E-state index contributed by atoms with van der Waals surface area (Å²) in [5.74, 6) is 1.55. The molecule has 1 unspecified atom stereocenters. The Balaban J connectivity index is 1.71. The van der Waals surface area contributed by atoms with Crippen molar-refractivity contribution in [3.63, 3.8) is 0 Å². The van der Waals surface area contributed by atoms with E-state index in [9.17, 15) is 9.90 Å². The Morgan fingerprint density at radius 1 is 1.50 bits per heavy atom. The predicted octanol–water partition coefficient (Wildman–Crippen LogP) is 2.90. The average Bonchev–Trinajstić information content (AvgIpc) is 3.22. The monoisotopic (exact) mass is 328 g/mol. The Hall–Kier alpha value is -2.60. The number of aromatic hydroxyl groups is 1. The average molecular weight is 328 g/mol. The summed E-state index contributed by atoms with van der Waals surface area (Å²) >= 11 is 0. The van der Waals surface area contributed by atoms with Crippen LogP contribution in [0, 0.1) is 0 Å². The van der Waals surface area contributed by atoms with Gasteiger partial charge in [-0.3, -0.25) is 9.78 Å². The van der Waals surface area contributed by atoms with Crippen LogP contribution >= 0.6 is 0 Å². The number of likely N-dealkylation sites (tertiary alicyclic amines) is 1. The van der Waals surface area contributed by atoms with Crippen molar-refractivity contribution in [3.8, 4) is 5.75 Å². The van der Waals surface area contributed by atoms with E-state index in [2.05, 4.69) is 4.98 Å². The molecule has 1 fully saturated rings. The highest BCUT2D eigenvalue weighted by molar-refractivity contribution is 5.92. The fourth-order valence-corrected chi connectivity index (χ4v) is 2.92. The van der Waals surface area contributed by atoms with Crippen molar-refractivity contribution in [1.29, 1.82) is 0 Å². The van der Waals surface area contributed by atoms with Crippen LogP contribution in [0.5, 0.6) is 5.75 Å². The molecule has 2 aromatic rings. The standard InChI is InChI=1S/C18H20N2O4/c1-23-12-15-5-6-17(24-15)16-3-2-8-20(16)18(22)7-4-13-9-14(21)11-19-10-13/h4-7,9-11,16,21H,2-3,8,12H2,1H3/b7-4+. The minimum atomic E-state index is -0.0782. The number of nitrogens with zero attached hydrogens (tertiary/aromatic N) is 2. The normalized spacial score (nSPS) is 17.7. The Kier molecular flexibility index (Phi) is 4.96. The van der Waals surface area contributed by atoms with Gasteiger partial charge in [-0.1, -0.05) is 0 Å². The van der Waals surface area contributed by atoms with Gasteiger partial charge in [0.1, 0.15) is 23.9 Å². The van der Waals surface area contributed by atoms with Crippen molar-refractivity contribution < 1.29 is 19.1 Å². The maximum atomic E-state index is 12.5. The van der Waals surface area contributed by atoms with E-state index in [-0.39, 0.29) is 17.7 Å². The summed E-state index contributed by atoms with van der Waals surface area (Å²) in [6, 6.07) is 5.30. The predicted molar refractivity (Wildman–Crippen MR) is 88.0 cm³/mol. The molecule has 6 nitrogen and oxygen atoms in total. The molecule has 1 saturated heterocycles. The van der Waals surface area contributed by atoms with E-state index in [1.54, 1.807) is 25.4 Å². The van der Waals surface area contributed by atoms with Gasteiger partial charge in [-0.15, -0.1) is 0 Å². The molecule has 1 atom stereocenters. The van der Waals surface area contributed by atoms with Crippen molar-refractivity contribution in [2.75, 3.05) is 13.7 Å². The van der Waals surface area contributed by atoms with E-state index in [4.69, 9.17) is 9.15 Å². The zero-order valence-electron chi connectivity index (χ0n) is 13.5. The molecule has 3 rings (SSSR count). The first-order valence-electron chi connectivity index (χ1n) is 7.87. The zero-order chi connectivity index (χ0) is 16.9. The number of rotatable bonds is 5. The van der Waals surface area contributed by atoms with Crippen molar-refractivity contribution in [2.45, 2.75) is 25.5 Å². The van der Waals surface area contributed by atoms with E-state index in [1.165, 1.54) is 12.3 Å². The number of carbonyl (C=O) groups excluding carboxylic acids is 1. The maximum absolute atomic E-state index is 12.5. The highest BCUT2D eigenvalue weighted by Crippen LogP contribution is 2.33. The molecule has 0 spiro atoms. The molecule has 1 aliphatic rings. The van der Waals surface area contributed by atoms with E-state index in [1.807, 2.05) is 17.0 Å². The molecule has 126 valence electrons. The van der Waals surface area contributed by atoms with Crippen molar-refractivity contribution >= 4 is 12.0 Å². The molecule has 0 aromatic carbocycles. The van der Waals surface area contributed by atoms with E-state index >= 15 is 0 Å². The van der Waals surface area contributed by atoms with Gasteiger partial charge in [0.25, 0.3) is 0 Å².